The Morgan fingerprint density at radius 2 is 1.64 bits per heavy atom. The normalized spacial score (nSPS) is 14.0. The van der Waals surface area contributed by atoms with Crippen molar-refractivity contribution in [3.05, 3.63) is 88.6 Å². The molecule has 218 valence electrons. The van der Waals surface area contributed by atoms with Crippen molar-refractivity contribution in [3.63, 3.8) is 0 Å². The fraction of sp³-hybridized carbons (Fsp3) is 0.303. The minimum Gasteiger partial charge on any atom is -0.480 e. The minimum absolute atomic E-state index is 0.120. The first-order chi connectivity index (χ1) is 20.2. The van der Waals surface area contributed by atoms with Crippen molar-refractivity contribution in [1.82, 2.24) is 4.57 Å². The molecule has 0 atom stereocenters. The summed E-state index contributed by atoms with van der Waals surface area (Å²) in [4.78, 5) is 39.3. The second kappa shape index (κ2) is 12.6. The summed E-state index contributed by atoms with van der Waals surface area (Å²) in [6, 6.07) is 19.8. The molecular weight excluding hydrogens is 574 g/mol. The molecule has 9 heteroatoms. The number of hydrogen-bond donors (Lipinski definition) is 2. The fourth-order valence-corrected chi connectivity index (χ4v) is 6.80. The van der Waals surface area contributed by atoms with Gasteiger partial charge in [0.1, 0.15) is 11.5 Å². The van der Waals surface area contributed by atoms with Crippen LogP contribution in [-0.2, 0) is 22.4 Å². The SMILES string of the molecule is CCCCCCSc1cc2c3c(n(C(=O)c4ccc(Oc5ccccc5)cc4)c2cc1Cl)CCC(C(=O)O)(C(=O)O)C3. The summed E-state index contributed by atoms with van der Waals surface area (Å²) < 4.78 is 7.44. The lowest BCUT2D eigenvalue weighted by molar-refractivity contribution is -0.165. The maximum Gasteiger partial charge on any atom is 0.321 e. The van der Waals surface area contributed by atoms with Gasteiger partial charge in [-0.3, -0.25) is 19.0 Å². The van der Waals surface area contributed by atoms with E-state index in [0.29, 0.717) is 44.2 Å². The van der Waals surface area contributed by atoms with Gasteiger partial charge >= 0.3 is 11.9 Å². The molecular formula is C33H32ClNO6S. The number of carboxylic acids is 2. The van der Waals surface area contributed by atoms with E-state index in [-0.39, 0.29) is 25.2 Å². The van der Waals surface area contributed by atoms with Gasteiger partial charge < -0.3 is 14.9 Å². The van der Waals surface area contributed by atoms with Gasteiger partial charge in [0.25, 0.3) is 5.91 Å². The number of para-hydroxylation sites is 1. The van der Waals surface area contributed by atoms with Crippen molar-refractivity contribution in [2.75, 3.05) is 5.75 Å². The van der Waals surface area contributed by atoms with Gasteiger partial charge in [0, 0.05) is 28.0 Å². The number of hydrogen-bond acceptors (Lipinski definition) is 5. The summed E-state index contributed by atoms with van der Waals surface area (Å²) in [6.45, 7) is 2.16. The number of benzene rings is 3. The molecule has 0 bridgehead atoms. The van der Waals surface area contributed by atoms with Gasteiger partial charge in [-0.25, -0.2) is 0 Å². The number of nitrogens with zero attached hydrogens (tertiary/aromatic N) is 1. The molecule has 42 heavy (non-hydrogen) atoms. The minimum atomic E-state index is -1.96. The number of halogens is 1. The summed E-state index contributed by atoms with van der Waals surface area (Å²) in [5, 5.41) is 21.1. The van der Waals surface area contributed by atoms with Crippen LogP contribution in [0.2, 0.25) is 5.02 Å². The number of unbranched alkanes of at least 4 members (excludes halogenated alkanes) is 3. The Labute approximate surface area is 253 Å². The molecule has 0 saturated heterocycles. The number of aromatic nitrogens is 1. The van der Waals surface area contributed by atoms with Crippen LogP contribution in [0.1, 0.15) is 60.6 Å². The third-order valence-corrected chi connectivity index (χ3v) is 9.43. The predicted molar refractivity (Wildman–Crippen MR) is 164 cm³/mol. The van der Waals surface area contributed by atoms with Crippen molar-refractivity contribution >= 4 is 52.1 Å². The molecule has 0 amide bonds. The summed E-state index contributed by atoms with van der Waals surface area (Å²) in [5.74, 6) is -0.924. The summed E-state index contributed by atoms with van der Waals surface area (Å²) >= 11 is 8.35. The maximum absolute atomic E-state index is 14.0. The van der Waals surface area contributed by atoms with Crippen LogP contribution < -0.4 is 4.74 Å². The van der Waals surface area contributed by atoms with Crippen LogP contribution in [0, 0.1) is 5.41 Å². The van der Waals surface area contributed by atoms with Gasteiger partial charge in [0.2, 0.25) is 0 Å². The van der Waals surface area contributed by atoms with Gasteiger partial charge in [-0.15, -0.1) is 11.8 Å². The van der Waals surface area contributed by atoms with Crippen molar-refractivity contribution in [2.45, 2.75) is 56.8 Å². The first kappa shape index (κ1) is 29.7. The monoisotopic (exact) mass is 605 g/mol. The zero-order valence-electron chi connectivity index (χ0n) is 23.3. The number of ether oxygens (including phenoxy) is 1. The highest BCUT2D eigenvalue weighted by atomic mass is 35.5. The van der Waals surface area contributed by atoms with Crippen LogP contribution in [-0.4, -0.2) is 38.4 Å². The second-order valence-electron chi connectivity index (χ2n) is 10.6. The molecule has 5 rings (SSSR count). The quantitative estimate of drug-likeness (QED) is 0.101. The van der Waals surface area contributed by atoms with E-state index in [1.165, 1.54) is 0 Å². The number of carbonyl (C=O) groups excluding carboxylic acids is 1. The van der Waals surface area contributed by atoms with Gasteiger partial charge in [-0.05, 0) is 79.1 Å². The zero-order chi connectivity index (χ0) is 29.9. The highest BCUT2D eigenvalue weighted by molar-refractivity contribution is 7.99. The second-order valence-corrected chi connectivity index (χ2v) is 12.1. The molecule has 0 saturated carbocycles. The van der Waals surface area contributed by atoms with Gasteiger partial charge in [-0.2, -0.15) is 0 Å². The lowest BCUT2D eigenvalue weighted by Gasteiger charge is -2.29. The molecule has 4 aromatic rings. The molecule has 3 aromatic carbocycles. The van der Waals surface area contributed by atoms with E-state index in [0.717, 1.165) is 36.3 Å². The van der Waals surface area contributed by atoms with E-state index in [2.05, 4.69) is 6.92 Å². The molecule has 0 aliphatic heterocycles. The first-order valence-corrected chi connectivity index (χ1v) is 15.4. The predicted octanol–water partition coefficient (Wildman–Crippen LogP) is 8.09. The number of carbonyl (C=O) groups is 3. The van der Waals surface area contributed by atoms with E-state index >= 15 is 0 Å². The van der Waals surface area contributed by atoms with Crippen molar-refractivity contribution in [3.8, 4) is 11.5 Å². The zero-order valence-corrected chi connectivity index (χ0v) is 24.8. The molecule has 1 heterocycles. The van der Waals surface area contributed by atoms with E-state index < -0.39 is 17.4 Å². The Bertz CT molecular complexity index is 1620. The third kappa shape index (κ3) is 5.78. The topological polar surface area (TPSA) is 106 Å². The number of carboxylic acid groups (broad SMARTS) is 2. The van der Waals surface area contributed by atoms with Gasteiger partial charge in [0.05, 0.1) is 10.5 Å². The van der Waals surface area contributed by atoms with E-state index in [1.807, 2.05) is 36.4 Å². The van der Waals surface area contributed by atoms with E-state index in [9.17, 15) is 24.6 Å². The summed E-state index contributed by atoms with van der Waals surface area (Å²) in [5.41, 5.74) is 0.191. The van der Waals surface area contributed by atoms with Crippen LogP contribution >= 0.6 is 23.4 Å². The molecule has 7 nitrogen and oxygen atoms in total. The Kier molecular flexibility index (Phi) is 8.94. The molecule has 1 aliphatic carbocycles. The van der Waals surface area contributed by atoms with Crippen molar-refractivity contribution < 1.29 is 29.3 Å². The standard InChI is InChI=1S/C33H32ClNO6S/c1-2-3-4-8-17-42-29-18-24-25-20-33(31(37)38,32(39)40)16-15-27(25)35(28(24)19-26(29)34)30(36)21-11-13-23(14-12-21)41-22-9-6-5-7-10-22/h5-7,9-14,18-19H,2-4,8,15-17,20H2,1H3,(H,37,38)(H,39,40). The molecule has 0 spiro atoms. The maximum atomic E-state index is 14.0. The highest BCUT2D eigenvalue weighted by Gasteiger charge is 2.50. The number of fused-ring (bicyclic) bond motifs is 3. The molecule has 0 radical (unpaired) electrons. The van der Waals surface area contributed by atoms with E-state index in [4.69, 9.17) is 16.3 Å². The molecule has 1 aromatic heterocycles. The summed E-state index contributed by atoms with van der Waals surface area (Å²) in [7, 11) is 0. The first-order valence-electron chi connectivity index (χ1n) is 14.1. The van der Waals surface area contributed by atoms with Crippen LogP contribution in [0.5, 0.6) is 11.5 Å². The Morgan fingerprint density at radius 3 is 2.31 bits per heavy atom. The smallest absolute Gasteiger partial charge is 0.321 e. The van der Waals surface area contributed by atoms with Crippen LogP contribution in [0.15, 0.2) is 71.6 Å². The van der Waals surface area contributed by atoms with Crippen molar-refractivity contribution in [1.29, 1.82) is 0 Å². The number of aliphatic carboxylic acids is 2. The fourth-order valence-electron chi connectivity index (χ4n) is 5.52. The molecule has 0 unspecified atom stereocenters. The lowest BCUT2D eigenvalue weighted by Crippen LogP contribution is -2.44. The molecule has 2 N–H and O–H groups in total. The largest absolute Gasteiger partial charge is 0.480 e. The average Bonchev–Trinajstić information content (AvgIpc) is 3.29. The Morgan fingerprint density at radius 1 is 0.952 bits per heavy atom. The molecule has 0 fully saturated rings. The Hall–Kier alpha value is -3.75. The van der Waals surface area contributed by atoms with Crippen LogP contribution in [0.4, 0.5) is 0 Å². The molecule has 1 aliphatic rings. The third-order valence-electron chi connectivity index (χ3n) is 7.86. The lowest BCUT2D eigenvalue weighted by atomic mass is 9.72. The number of rotatable bonds is 11. The van der Waals surface area contributed by atoms with E-state index in [1.54, 1.807) is 46.7 Å². The summed E-state index contributed by atoms with van der Waals surface area (Å²) in [6.07, 6.45) is 4.26. The van der Waals surface area contributed by atoms with Gasteiger partial charge in [0.15, 0.2) is 5.41 Å². The van der Waals surface area contributed by atoms with Crippen molar-refractivity contribution in [2.24, 2.45) is 5.41 Å². The van der Waals surface area contributed by atoms with Crippen LogP contribution in [0.25, 0.3) is 10.9 Å². The highest BCUT2D eigenvalue weighted by Crippen LogP contribution is 2.44. The Balaban J connectivity index is 1.54. The average molecular weight is 606 g/mol. The number of thioether (sulfide) groups is 1. The van der Waals surface area contributed by atoms with Gasteiger partial charge in [-0.1, -0.05) is 56.0 Å². The van der Waals surface area contributed by atoms with Crippen LogP contribution in [0.3, 0.4) is 0 Å².